The molecule has 0 aromatic heterocycles. The van der Waals surface area contributed by atoms with Crippen molar-refractivity contribution in [2.24, 2.45) is 5.41 Å². The second-order valence-electron chi connectivity index (χ2n) is 5.56. The molecule has 18 heavy (non-hydrogen) atoms. The molecule has 1 saturated heterocycles. The van der Waals surface area contributed by atoms with Gasteiger partial charge in [0.2, 0.25) is 0 Å². The van der Waals surface area contributed by atoms with Crippen LogP contribution < -0.4 is 4.90 Å². The predicted octanol–water partition coefficient (Wildman–Crippen LogP) is 4.74. The highest BCUT2D eigenvalue weighted by atomic mass is 79.9. The minimum absolute atomic E-state index is 0.149. The summed E-state index contributed by atoms with van der Waals surface area (Å²) in [5, 5.41) is 0.710. The summed E-state index contributed by atoms with van der Waals surface area (Å²) in [6.45, 7) is 6.81. The molecule has 0 unspecified atom stereocenters. The standard InChI is InChI=1S/C15H21BrFN/c1-3-15(2)6-8-18(9-7-15)14-5-4-13(17)10-12(14)11-16/h4-5,10H,3,6-9,11H2,1-2H3. The number of alkyl halides is 1. The van der Waals surface area contributed by atoms with E-state index in [-0.39, 0.29) is 5.82 Å². The Bertz CT molecular complexity index is 411. The van der Waals surface area contributed by atoms with Gasteiger partial charge in [-0.2, -0.15) is 0 Å². The van der Waals surface area contributed by atoms with Gasteiger partial charge in [-0.3, -0.25) is 0 Å². The van der Waals surface area contributed by atoms with E-state index >= 15 is 0 Å². The van der Waals surface area contributed by atoms with Crippen LogP contribution >= 0.6 is 15.9 Å². The number of hydrogen-bond acceptors (Lipinski definition) is 1. The molecule has 0 N–H and O–H groups in total. The number of piperidine rings is 1. The summed E-state index contributed by atoms with van der Waals surface area (Å²) >= 11 is 3.45. The van der Waals surface area contributed by atoms with Crippen molar-refractivity contribution in [3.8, 4) is 0 Å². The third-order valence-electron chi connectivity index (χ3n) is 4.35. The number of nitrogens with zero attached hydrogens (tertiary/aromatic N) is 1. The van der Waals surface area contributed by atoms with E-state index in [2.05, 4.69) is 34.7 Å². The van der Waals surface area contributed by atoms with Gasteiger partial charge in [0.05, 0.1) is 0 Å². The van der Waals surface area contributed by atoms with Gasteiger partial charge in [-0.15, -0.1) is 0 Å². The molecule has 0 radical (unpaired) electrons. The molecule has 2 rings (SSSR count). The van der Waals surface area contributed by atoms with Gasteiger partial charge in [-0.05, 0) is 42.0 Å². The number of benzene rings is 1. The summed E-state index contributed by atoms with van der Waals surface area (Å²) in [6.07, 6.45) is 3.70. The van der Waals surface area contributed by atoms with Crippen molar-refractivity contribution >= 4 is 21.6 Å². The highest BCUT2D eigenvalue weighted by Gasteiger charge is 2.28. The zero-order chi connectivity index (χ0) is 13.2. The number of halogens is 2. The average Bonchev–Trinajstić information content (AvgIpc) is 2.40. The predicted molar refractivity (Wildman–Crippen MR) is 78.9 cm³/mol. The number of rotatable bonds is 3. The van der Waals surface area contributed by atoms with Crippen molar-refractivity contribution in [2.75, 3.05) is 18.0 Å². The first-order chi connectivity index (χ1) is 8.58. The lowest BCUT2D eigenvalue weighted by Crippen LogP contribution is -2.38. The molecule has 0 bridgehead atoms. The second-order valence-corrected chi connectivity index (χ2v) is 6.12. The lowest BCUT2D eigenvalue weighted by Gasteiger charge is -2.40. The van der Waals surface area contributed by atoms with E-state index in [9.17, 15) is 4.39 Å². The zero-order valence-electron chi connectivity index (χ0n) is 11.2. The summed E-state index contributed by atoms with van der Waals surface area (Å²) in [7, 11) is 0. The Morgan fingerprint density at radius 1 is 1.33 bits per heavy atom. The van der Waals surface area contributed by atoms with Crippen molar-refractivity contribution in [3.63, 3.8) is 0 Å². The molecule has 1 aromatic rings. The third kappa shape index (κ3) is 2.87. The summed E-state index contributed by atoms with van der Waals surface area (Å²) in [4.78, 5) is 2.40. The molecule has 0 aliphatic carbocycles. The monoisotopic (exact) mass is 313 g/mol. The lowest BCUT2D eigenvalue weighted by molar-refractivity contribution is 0.238. The first kappa shape index (κ1) is 13.9. The molecule has 3 heteroatoms. The molecule has 1 aliphatic heterocycles. The normalized spacial score (nSPS) is 19.0. The number of anilines is 1. The van der Waals surface area contributed by atoms with Crippen LogP contribution in [0, 0.1) is 11.2 Å². The van der Waals surface area contributed by atoms with Gasteiger partial charge in [0, 0.05) is 24.1 Å². The number of hydrogen-bond donors (Lipinski definition) is 0. The molecule has 1 nitrogen and oxygen atoms in total. The van der Waals surface area contributed by atoms with Crippen LogP contribution in [0.5, 0.6) is 0 Å². The maximum atomic E-state index is 13.2. The van der Waals surface area contributed by atoms with Gasteiger partial charge in [0.25, 0.3) is 0 Å². The fourth-order valence-electron chi connectivity index (χ4n) is 2.61. The van der Waals surface area contributed by atoms with Crippen LogP contribution in [-0.4, -0.2) is 13.1 Å². The van der Waals surface area contributed by atoms with E-state index in [4.69, 9.17) is 0 Å². The fourth-order valence-corrected chi connectivity index (χ4v) is 3.06. The Morgan fingerprint density at radius 3 is 2.56 bits per heavy atom. The summed E-state index contributed by atoms with van der Waals surface area (Å²) < 4.78 is 13.2. The highest BCUT2D eigenvalue weighted by Crippen LogP contribution is 2.36. The average molecular weight is 314 g/mol. The third-order valence-corrected chi connectivity index (χ3v) is 4.95. The van der Waals surface area contributed by atoms with Crippen molar-refractivity contribution in [1.82, 2.24) is 0 Å². The van der Waals surface area contributed by atoms with Crippen molar-refractivity contribution in [3.05, 3.63) is 29.6 Å². The van der Waals surface area contributed by atoms with Gasteiger partial charge >= 0.3 is 0 Å². The molecule has 100 valence electrons. The van der Waals surface area contributed by atoms with Crippen LogP contribution in [0.4, 0.5) is 10.1 Å². The van der Waals surface area contributed by atoms with E-state index in [1.807, 2.05) is 6.07 Å². The minimum atomic E-state index is -0.149. The highest BCUT2D eigenvalue weighted by molar-refractivity contribution is 9.08. The smallest absolute Gasteiger partial charge is 0.123 e. The fraction of sp³-hybridized carbons (Fsp3) is 0.600. The van der Waals surface area contributed by atoms with E-state index in [0.717, 1.165) is 18.7 Å². The minimum Gasteiger partial charge on any atom is -0.371 e. The van der Waals surface area contributed by atoms with Crippen molar-refractivity contribution in [1.29, 1.82) is 0 Å². The summed E-state index contributed by atoms with van der Waals surface area (Å²) in [5.74, 6) is -0.149. The molecule has 0 amide bonds. The Kier molecular flexibility index (Phi) is 4.31. The van der Waals surface area contributed by atoms with Crippen LogP contribution in [-0.2, 0) is 5.33 Å². The van der Waals surface area contributed by atoms with Gasteiger partial charge in [-0.25, -0.2) is 4.39 Å². The summed E-state index contributed by atoms with van der Waals surface area (Å²) in [6, 6.07) is 5.12. The molecule has 1 fully saturated rings. The topological polar surface area (TPSA) is 3.24 Å². The molecule has 0 atom stereocenters. The second kappa shape index (κ2) is 5.60. The first-order valence-electron chi connectivity index (χ1n) is 6.67. The Hall–Kier alpha value is -0.570. The van der Waals surface area contributed by atoms with E-state index in [1.54, 1.807) is 12.1 Å². The Morgan fingerprint density at radius 2 is 2.00 bits per heavy atom. The van der Waals surface area contributed by atoms with E-state index < -0.39 is 0 Å². The van der Waals surface area contributed by atoms with Gasteiger partial charge in [-0.1, -0.05) is 36.2 Å². The Labute approximate surface area is 118 Å². The first-order valence-corrected chi connectivity index (χ1v) is 7.79. The lowest BCUT2D eigenvalue weighted by atomic mass is 9.78. The quantitative estimate of drug-likeness (QED) is 0.729. The Balaban J connectivity index is 2.14. The van der Waals surface area contributed by atoms with E-state index in [1.165, 1.54) is 24.9 Å². The maximum Gasteiger partial charge on any atom is 0.123 e. The molecular formula is C15H21BrFN. The van der Waals surface area contributed by atoms with Crippen LogP contribution in [0.15, 0.2) is 18.2 Å². The van der Waals surface area contributed by atoms with Crippen LogP contribution in [0.3, 0.4) is 0 Å². The maximum absolute atomic E-state index is 13.2. The summed E-state index contributed by atoms with van der Waals surface area (Å²) in [5.41, 5.74) is 2.73. The molecule has 1 aromatic carbocycles. The van der Waals surface area contributed by atoms with Crippen LogP contribution in [0.2, 0.25) is 0 Å². The van der Waals surface area contributed by atoms with Crippen molar-refractivity contribution in [2.45, 2.75) is 38.4 Å². The molecule has 1 aliphatic rings. The van der Waals surface area contributed by atoms with Crippen molar-refractivity contribution < 1.29 is 4.39 Å². The van der Waals surface area contributed by atoms with Gasteiger partial charge in [0.1, 0.15) is 5.82 Å². The van der Waals surface area contributed by atoms with Gasteiger partial charge in [0.15, 0.2) is 0 Å². The molecule has 0 saturated carbocycles. The largest absolute Gasteiger partial charge is 0.371 e. The molecule has 0 spiro atoms. The van der Waals surface area contributed by atoms with Crippen LogP contribution in [0.25, 0.3) is 0 Å². The zero-order valence-corrected chi connectivity index (χ0v) is 12.8. The molecular weight excluding hydrogens is 293 g/mol. The van der Waals surface area contributed by atoms with E-state index in [0.29, 0.717) is 10.7 Å². The van der Waals surface area contributed by atoms with Crippen LogP contribution in [0.1, 0.15) is 38.7 Å². The van der Waals surface area contributed by atoms with Gasteiger partial charge < -0.3 is 4.90 Å². The SMILES string of the molecule is CCC1(C)CCN(c2ccc(F)cc2CBr)CC1. The molecule has 1 heterocycles.